The molecule has 0 amide bonds. The number of esters is 4. The predicted octanol–water partition coefficient (Wildman–Crippen LogP) is 28.4. The number of hydrogen-bond acceptors (Lipinski definition) is 15. The van der Waals surface area contributed by atoms with Crippen LogP contribution in [-0.4, -0.2) is 96.7 Å². The van der Waals surface area contributed by atoms with E-state index in [0.29, 0.717) is 31.6 Å². The average Bonchev–Trinajstić information content (AvgIpc) is 0.899. The van der Waals surface area contributed by atoms with Gasteiger partial charge in [0.05, 0.1) is 26.4 Å². The summed E-state index contributed by atoms with van der Waals surface area (Å²) in [5, 5.41) is 10.7. The zero-order valence-electron chi connectivity index (χ0n) is 73.4. The molecule has 3 unspecified atom stereocenters. The number of aliphatic hydroxyl groups is 1. The largest absolute Gasteiger partial charge is 0.472 e. The van der Waals surface area contributed by atoms with Crippen LogP contribution in [0.2, 0.25) is 0 Å². The van der Waals surface area contributed by atoms with Crippen LogP contribution in [0.1, 0.15) is 492 Å². The molecule has 0 rings (SSSR count). The maximum Gasteiger partial charge on any atom is 0.472 e. The van der Waals surface area contributed by atoms with Gasteiger partial charge in [-0.15, -0.1) is 0 Å². The summed E-state index contributed by atoms with van der Waals surface area (Å²) >= 11 is 0. The Morgan fingerprint density at radius 1 is 0.261 bits per heavy atom. The lowest BCUT2D eigenvalue weighted by Crippen LogP contribution is -2.30. The van der Waals surface area contributed by atoms with Gasteiger partial charge in [-0.1, -0.05) is 440 Å². The van der Waals surface area contributed by atoms with Gasteiger partial charge in [0.2, 0.25) is 0 Å². The Labute approximate surface area is 683 Å². The molecule has 0 fully saturated rings. The van der Waals surface area contributed by atoms with Crippen molar-refractivity contribution in [3.05, 3.63) is 0 Å². The lowest BCUT2D eigenvalue weighted by molar-refractivity contribution is -0.161. The zero-order chi connectivity index (χ0) is 81.5. The molecule has 0 aliphatic heterocycles. The maximum atomic E-state index is 13.2. The lowest BCUT2D eigenvalue weighted by atomic mass is 9.99. The smallest absolute Gasteiger partial charge is 0.462 e. The number of unbranched alkanes of at least 4 members (excludes halogenated alkanes) is 57. The SMILES string of the molecule is CCCCCCCCCCCCCCCCCCCCCC(=O)O[C@H](COC(=O)CCCCCCCCC(C)C)COP(=O)(O)OC[C@H](O)COP(=O)(O)OC[C@@H](COC(=O)CCCCCCCCCCCCCCCCCCCCC(C)C)OC(=O)CCCCCCCCCCCCCCCCCCCCC(C)CC. The van der Waals surface area contributed by atoms with E-state index >= 15 is 0 Å². The molecule has 0 aliphatic carbocycles. The summed E-state index contributed by atoms with van der Waals surface area (Å²) < 4.78 is 69.0. The molecule has 111 heavy (non-hydrogen) atoms. The molecule has 0 aromatic rings. The maximum absolute atomic E-state index is 13.2. The number of rotatable bonds is 90. The Bertz CT molecular complexity index is 2130. The molecule has 3 N–H and O–H groups in total. The molecular formula is C92H180O17P2. The minimum absolute atomic E-state index is 0.108. The number of carbonyl (C=O) groups is 4. The summed E-state index contributed by atoms with van der Waals surface area (Å²) in [6.45, 7) is 12.0. The van der Waals surface area contributed by atoms with Crippen molar-refractivity contribution < 1.29 is 80.2 Å². The third kappa shape index (κ3) is 84.3. The van der Waals surface area contributed by atoms with Crippen molar-refractivity contribution in [2.24, 2.45) is 17.8 Å². The highest BCUT2D eigenvalue weighted by molar-refractivity contribution is 7.47. The standard InChI is InChI=1S/C92H180O17P2/c1-8-10-11-12-13-14-15-16-17-18-19-27-32-37-42-47-52-62-69-76-92(97)109-88(80-103-90(95)74-67-60-55-54-57-64-71-84(5)6)82-107-111(100,101)105-78-86(93)77-104-110(98,99)106-81-87(79-102-89(94)73-66-59-51-46-41-36-31-26-22-20-24-29-34-39-44-49-56-63-70-83(3)4)108-91(96)75-68-61-53-48-43-38-33-28-23-21-25-30-35-40-45-50-58-65-72-85(7)9-2/h83-88,93H,8-82H2,1-7H3,(H,98,99)(H,100,101)/t85?,86-,87-,88-/m1/s1. The normalized spacial score (nSPS) is 14.0. The van der Waals surface area contributed by atoms with Crippen molar-refractivity contribution in [2.75, 3.05) is 39.6 Å². The molecule has 660 valence electrons. The highest BCUT2D eigenvalue weighted by Gasteiger charge is 2.31. The zero-order valence-corrected chi connectivity index (χ0v) is 75.2. The van der Waals surface area contributed by atoms with E-state index in [1.54, 1.807) is 0 Å². The van der Waals surface area contributed by atoms with Gasteiger partial charge in [0.25, 0.3) is 0 Å². The van der Waals surface area contributed by atoms with Crippen LogP contribution in [0.4, 0.5) is 0 Å². The summed E-state index contributed by atoms with van der Waals surface area (Å²) in [7, 11) is -9.94. The van der Waals surface area contributed by atoms with Gasteiger partial charge in [-0.05, 0) is 43.4 Å². The highest BCUT2D eigenvalue weighted by Crippen LogP contribution is 2.45. The number of carbonyl (C=O) groups excluding carboxylic acids is 4. The average molecular weight is 1620 g/mol. The number of ether oxygens (including phenoxy) is 4. The van der Waals surface area contributed by atoms with Crippen LogP contribution in [0.25, 0.3) is 0 Å². The van der Waals surface area contributed by atoms with E-state index in [1.165, 1.54) is 295 Å². The van der Waals surface area contributed by atoms with Crippen molar-refractivity contribution in [1.82, 2.24) is 0 Å². The van der Waals surface area contributed by atoms with E-state index in [4.69, 9.17) is 37.0 Å². The minimum atomic E-state index is -4.97. The molecule has 17 nitrogen and oxygen atoms in total. The lowest BCUT2D eigenvalue weighted by Gasteiger charge is -2.21. The Hall–Kier alpha value is -1.94. The van der Waals surface area contributed by atoms with Crippen LogP contribution in [0, 0.1) is 17.8 Å². The molecular weight excluding hydrogens is 1440 g/mol. The molecule has 0 heterocycles. The third-order valence-corrected chi connectivity index (χ3v) is 23.9. The summed E-state index contributed by atoms with van der Waals surface area (Å²) in [5.41, 5.74) is 0. The van der Waals surface area contributed by atoms with Gasteiger partial charge in [0.15, 0.2) is 12.2 Å². The van der Waals surface area contributed by atoms with E-state index in [1.807, 2.05) is 0 Å². The highest BCUT2D eigenvalue weighted by atomic mass is 31.2. The van der Waals surface area contributed by atoms with Crippen LogP contribution in [0.15, 0.2) is 0 Å². The molecule has 19 heteroatoms. The van der Waals surface area contributed by atoms with E-state index in [2.05, 4.69) is 48.5 Å². The number of hydrogen-bond donors (Lipinski definition) is 3. The molecule has 0 aromatic carbocycles. The Morgan fingerprint density at radius 3 is 0.685 bits per heavy atom. The topological polar surface area (TPSA) is 237 Å². The predicted molar refractivity (Wildman–Crippen MR) is 460 cm³/mol. The van der Waals surface area contributed by atoms with Crippen LogP contribution >= 0.6 is 15.6 Å². The fourth-order valence-electron chi connectivity index (χ4n) is 14.4. The van der Waals surface area contributed by atoms with Gasteiger partial charge in [-0.25, -0.2) is 9.13 Å². The van der Waals surface area contributed by atoms with Crippen molar-refractivity contribution in [1.29, 1.82) is 0 Å². The quantitative estimate of drug-likeness (QED) is 0.0222. The first-order valence-corrected chi connectivity index (χ1v) is 50.4. The first-order chi connectivity index (χ1) is 53.8. The van der Waals surface area contributed by atoms with E-state index in [9.17, 15) is 43.2 Å². The van der Waals surface area contributed by atoms with Gasteiger partial charge in [0.1, 0.15) is 19.3 Å². The molecule has 0 aliphatic rings. The van der Waals surface area contributed by atoms with Gasteiger partial charge in [-0.2, -0.15) is 0 Å². The van der Waals surface area contributed by atoms with E-state index in [-0.39, 0.29) is 25.7 Å². The molecule has 0 saturated heterocycles. The molecule has 0 spiro atoms. The summed E-state index contributed by atoms with van der Waals surface area (Å²) in [6.07, 6.45) is 75.3. The Balaban J connectivity index is 5.19. The Morgan fingerprint density at radius 2 is 0.459 bits per heavy atom. The summed E-state index contributed by atoms with van der Waals surface area (Å²) in [5.74, 6) is 0.273. The van der Waals surface area contributed by atoms with Crippen LogP contribution < -0.4 is 0 Å². The molecule has 0 radical (unpaired) electrons. The summed E-state index contributed by atoms with van der Waals surface area (Å²) in [6, 6.07) is 0. The van der Waals surface area contributed by atoms with Gasteiger partial charge < -0.3 is 33.8 Å². The van der Waals surface area contributed by atoms with Gasteiger partial charge in [0, 0.05) is 25.7 Å². The number of phosphoric acid groups is 2. The van der Waals surface area contributed by atoms with Crippen molar-refractivity contribution in [3.63, 3.8) is 0 Å². The van der Waals surface area contributed by atoms with Crippen LogP contribution in [0.3, 0.4) is 0 Å². The van der Waals surface area contributed by atoms with Crippen molar-refractivity contribution in [3.8, 4) is 0 Å². The van der Waals surface area contributed by atoms with E-state index in [0.717, 1.165) is 108 Å². The molecule has 0 aromatic heterocycles. The minimum Gasteiger partial charge on any atom is -0.462 e. The van der Waals surface area contributed by atoms with E-state index < -0.39 is 97.5 Å². The van der Waals surface area contributed by atoms with Gasteiger partial charge >= 0.3 is 39.5 Å². The van der Waals surface area contributed by atoms with Crippen LogP contribution in [0.5, 0.6) is 0 Å². The van der Waals surface area contributed by atoms with Crippen LogP contribution in [-0.2, 0) is 65.4 Å². The monoisotopic (exact) mass is 1620 g/mol. The molecule has 6 atom stereocenters. The third-order valence-electron chi connectivity index (χ3n) is 22.0. The second-order valence-corrected chi connectivity index (χ2v) is 37.2. The number of phosphoric ester groups is 2. The second kappa shape index (κ2) is 81.8. The first-order valence-electron chi connectivity index (χ1n) is 47.4. The van der Waals surface area contributed by atoms with Crippen molar-refractivity contribution >= 4 is 39.5 Å². The second-order valence-electron chi connectivity index (χ2n) is 34.2. The first kappa shape index (κ1) is 109. The molecule has 0 saturated carbocycles. The summed E-state index contributed by atoms with van der Waals surface area (Å²) in [4.78, 5) is 73.4. The number of aliphatic hydroxyl groups excluding tert-OH is 1. The van der Waals surface area contributed by atoms with Crippen molar-refractivity contribution in [2.45, 2.75) is 510 Å². The van der Waals surface area contributed by atoms with Gasteiger partial charge in [-0.3, -0.25) is 37.3 Å². The molecule has 0 bridgehead atoms. The Kier molecular flexibility index (Phi) is 80.4. The fraction of sp³-hybridized carbons (Fsp3) is 0.957. The fourth-order valence-corrected chi connectivity index (χ4v) is 16.0.